The summed E-state index contributed by atoms with van der Waals surface area (Å²) in [7, 11) is -2.53. The zero-order valence-corrected chi connectivity index (χ0v) is 30.9. The normalized spacial score (nSPS) is 19.8. The van der Waals surface area contributed by atoms with Gasteiger partial charge in [-0.2, -0.15) is 5.10 Å². The van der Waals surface area contributed by atoms with Crippen molar-refractivity contribution in [2.24, 2.45) is 11.3 Å². The molecule has 2 aliphatic rings. The van der Waals surface area contributed by atoms with E-state index in [1.165, 1.54) is 23.7 Å². The van der Waals surface area contributed by atoms with Crippen molar-refractivity contribution >= 4 is 39.0 Å². The lowest BCUT2D eigenvalue weighted by atomic mass is 9.87. The molecule has 5 rings (SSSR count). The van der Waals surface area contributed by atoms with Crippen LogP contribution in [0.1, 0.15) is 45.4 Å². The molecule has 1 amide bonds. The molecule has 2 aliphatic carbocycles. The number of benzene rings is 1. The molecule has 0 bridgehead atoms. The third-order valence-corrected chi connectivity index (χ3v) is 12.2. The average molecular weight is 658 g/mol. The summed E-state index contributed by atoms with van der Waals surface area (Å²) in [5.74, 6) is 0.691. The van der Waals surface area contributed by atoms with E-state index in [0.29, 0.717) is 41.5 Å². The second-order valence-corrected chi connectivity index (χ2v) is 28.0. The first-order valence-corrected chi connectivity index (χ1v) is 23.7. The van der Waals surface area contributed by atoms with Gasteiger partial charge in [0.1, 0.15) is 30.6 Å². The maximum atomic E-state index is 15.3. The van der Waals surface area contributed by atoms with E-state index in [4.69, 9.17) is 24.3 Å². The molecule has 0 unspecified atom stereocenters. The minimum absolute atomic E-state index is 0.0312. The summed E-state index contributed by atoms with van der Waals surface area (Å²) in [6, 6.07) is 5.10. The molecule has 0 aliphatic heterocycles. The Morgan fingerprint density at radius 3 is 2.33 bits per heavy atom. The fraction of sp³-hybridized carbons (Fsp3) is 0.667. The van der Waals surface area contributed by atoms with Gasteiger partial charge in [-0.25, -0.2) is 18.9 Å². The van der Waals surface area contributed by atoms with E-state index >= 15 is 4.39 Å². The number of fused-ring (bicyclic) bond motifs is 3. The van der Waals surface area contributed by atoms with Gasteiger partial charge in [0.15, 0.2) is 5.82 Å². The lowest BCUT2D eigenvalue weighted by molar-refractivity contribution is 0.0635. The number of hydrogen-bond donors (Lipinski definition) is 1. The standard InChI is InChI=1S/C33H52FN5O4Si2/c1-32(2,3)43-31(40)36-25-17-27-26(16-24(25)34)35-30(38(27)20-41-11-13-44(5,6)7)29-23-15-22-18-33(22,4)19-28(23)39(37-29)21-42-12-14-45(8,9)10/h16-17,22H,11-15,18-21H2,1-10H3,(H,36,40)/t22-,33-/m1/s1. The summed E-state index contributed by atoms with van der Waals surface area (Å²) in [5, 5.41) is 7.71. The Balaban J connectivity index is 1.53. The topological polar surface area (TPSA) is 92.4 Å². The third kappa shape index (κ3) is 8.25. The SMILES string of the molecule is CC(C)(C)OC(=O)Nc1cc2c(cc1F)nc(-c1nn(COCC[Si](C)(C)C)c3c1C[C@@H]1C[C@]1(C)C3)n2COCC[Si](C)(C)C. The van der Waals surface area contributed by atoms with Crippen LogP contribution in [0.25, 0.3) is 22.6 Å². The molecule has 3 aromatic rings. The largest absolute Gasteiger partial charge is 0.444 e. The van der Waals surface area contributed by atoms with Gasteiger partial charge in [-0.15, -0.1) is 0 Å². The van der Waals surface area contributed by atoms with Crippen LogP contribution in [0.3, 0.4) is 0 Å². The summed E-state index contributed by atoms with van der Waals surface area (Å²) < 4.78 is 37.2. The van der Waals surface area contributed by atoms with Crippen LogP contribution in [0.5, 0.6) is 0 Å². The van der Waals surface area contributed by atoms with Crippen LogP contribution >= 0.6 is 0 Å². The van der Waals surface area contributed by atoms with Crippen LogP contribution < -0.4 is 5.32 Å². The molecule has 0 saturated heterocycles. The van der Waals surface area contributed by atoms with Gasteiger partial charge in [0.05, 0.1) is 16.7 Å². The molecule has 2 atom stereocenters. The van der Waals surface area contributed by atoms with E-state index in [1.54, 1.807) is 26.8 Å². The molecular formula is C33H52FN5O4Si2. The molecule has 12 heteroatoms. The van der Waals surface area contributed by atoms with E-state index in [2.05, 4.69) is 51.5 Å². The lowest BCUT2D eigenvalue weighted by Gasteiger charge is -2.21. The number of imidazole rings is 1. The van der Waals surface area contributed by atoms with Crippen molar-refractivity contribution in [1.29, 1.82) is 0 Å². The summed E-state index contributed by atoms with van der Waals surface area (Å²) in [4.78, 5) is 17.5. The zero-order chi connectivity index (χ0) is 32.9. The third-order valence-electron chi connectivity index (χ3n) is 8.84. The van der Waals surface area contributed by atoms with Crippen molar-refractivity contribution in [3.8, 4) is 11.5 Å². The first-order chi connectivity index (χ1) is 20.8. The molecule has 1 N–H and O–H groups in total. The molecule has 1 saturated carbocycles. The summed E-state index contributed by atoms with van der Waals surface area (Å²) in [6.07, 6.45) is 2.39. The second-order valence-electron chi connectivity index (χ2n) is 16.7. The number of aromatic nitrogens is 4. The molecule has 2 aromatic heterocycles. The number of carbonyl (C=O) groups excluding carboxylic acids is 1. The highest BCUT2D eigenvalue weighted by molar-refractivity contribution is 6.76. The Labute approximate surface area is 269 Å². The first-order valence-electron chi connectivity index (χ1n) is 16.3. The molecule has 0 spiro atoms. The average Bonchev–Trinajstić information content (AvgIpc) is 3.26. The fourth-order valence-corrected chi connectivity index (χ4v) is 7.44. The predicted molar refractivity (Wildman–Crippen MR) is 183 cm³/mol. The number of rotatable bonds is 12. The minimum Gasteiger partial charge on any atom is -0.444 e. The molecule has 248 valence electrons. The molecule has 2 heterocycles. The minimum atomic E-state index is -1.31. The summed E-state index contributed by atoms with van der Waals surface area (Å²) in [6.45, 7) is 23.7. The molecule has 45 heavy (non-hydrogen) atoms. The van der Waals surface area contributed by atoms with E-state index < -0.39 is 33.7 Å². The highest BCUT2D eigenvalue weighted by atomic mass is 28.3. The van der Waals surface area contributed by atoms with Crippen molar-refractivity contribution < 1.29 is 23.4 Å². The highest BCUT2D eigenvalue weighted by Gasteiger charge is 2.54. The number of nitrogens with one attached hydrogen (secondary N) is 1. The van der Waals surface area contributed by atoms with Crippen molar-refractivity contribution in [2.45, 2.75) is 117 Å². The summed E-state index contributed by atoms with van der Waals surface area (Å²) >= 11 is 0. The molecular weight excluding hydrogens is 606 g/mol. The lowest BCUT2D eigenvalue weighted by Crippen LogP contribution is -2.27. The Hall–Kier alpha value is -2.55. The van der Waals surface area contributed by atoms with Gasteiger partial charge in [0, 0.05) is 46.7 Å². The van der Waals surface area contributed by atoms with Crippen LogP contribution in [-0.4, -0.2) is 60.4 Å². The van der Waals surface area contributed by atoms with Crippen LogP contribution in [0.2, 0.25) is 51.4 Å². The fourth-order valence-electron chi connectivity index (χ4n) is 5.93. The highest BCUT2D eigenvalue weighted by Crippen LogP contribution is 2.60. The van der Waals surface area contributed by atoms with Crippen molar-refractivity contribution in [1.82, 2.24) is 19.3 Å². The quantitative estimate of drug-likeness (QED) is 0.156. The first kappa shape index (κ1) is 33.8. The van der Waals surface area contributed by atoms with Gasteiger partial charge < -0.3 is 14.2 Å². The van der Waals surface area contributed by atoms with Gasteiger partial charge in [0.2, 0.25) is 0 Å². The van der Waals surface area contributed by atoms with E-state index in [9.17, 15) is 4.79 Å². The Morgan fingerprint density at radius 1 is 1.07 bits per heavy atom. The number of halogens is 1. The monoisotopic (exact) mass is 657 g/mol. The van der Waals surface area contributed by atoms with Crippen LogP contribution in [0, 0.1) is 17.2 Å². The molecule has 9 nitrogen and oxygen atoms in total. The van der Waals surface area contributed by atoms with Gasteiger partial charge in [-0.3, -0.25) is 9.88 Å². The van der Waals surface area contributed by atoms with Crippen molar-refractivity contribution in [2.75, 3.05) is 18.5 Å². The summed E-state index contributed by atoms with van der Waals surface area (Å²) in [5.41, 5.74) is 3.99. The Morgan fingerprint density at radius 2 is 1.71 bits per heavy atom. The smallest absolute Gasteiger partial charge is 0.412 e. The van der Waals surface area contributed by atoms with E-state index in [-0.39, 0.29) is 12.4 Å². The maximum Gasteiger partial charge on any atom is 0.412 e. The van der Waals surface area contributed by atoms with Crippen LogP contribution in [-0.2, 0) is 40.5 Å². The number of anilines is 1. The van der Waals surface area contributed by atoms with Gasteiger partial charge >= 0.3 is 6.09 Å². The number of nitrogens with zero attached hydrogens (tertiary/aromatic N) is 4. The van der Waals surface area contributed by atoms with E-state index in [1.807, 2.05) is 9.25 Å². The number of amides is 1. The Bertz CT molecular complexity index is 1570. The number of hydrogen-bond acceptors (Lipinski definition) is 6. The van der Waals surface area contributed by atoms with Crippen LogP contribution in [0.15, 0.2) is 12.1 Å². The number of ether oxygens (including phenoxy) is 3. The number of carbonyl (C=O) groups is 1. The van der Waals surface area contributed by atoms with Crippen molar-refractivity contribution in [3.63, 3.8) is 0 Å². The molecule has 1 aromatic carbocycles. The zero-order valence-electron chi connectivity index (χ0n) is 28.9. The molecule has 0 radical (unpaired) electrons. The van der Waals surface area contributed by atoms with Gasteiger partial charge in [0.25, 0.3) is 0 Å². The van der Waals surface area contributed by atoms with E-state index in [0.717, 1.165) is 37.2 Å². The van der Waals surface area contributed by atoms with Gasteiger partial charge in [-0.05, 0) is 69.5 Å². The predicted octanol–water partition coefficient (Wildman–Crippen LogP) is 8.14. The van der Waals surface area contributed by atoms with Crippen molar-refractivity contribution in [3.05, 3.63) is 29.2 Å². The van der Waals surface area contributed by atoms with Crippen LogP contribution in [0.4, 0.5) is 14.9 Å². The van der Waals surface area contributed by atoms with Gasteiger partial charge in [-0.1, -0.05) is 46.2 Å². The Kier molecular flexibility index (Phi) is 9.19. The molecule has 1 fully saturated rings. The second kappa shape index (κ2) is 12.2. The maximum absolute atomic E-state index is 15.3.